The van der Waals surface area contributed by atoms with E-state index in [9.17, 15) is 10.1 Å². The number of aromatic nitrogens is 2. The smallest absolute Gasteiger partial charge is 0.312 e. The number of oxazole rings is 1. The highest BCUT2D eigenvalue weighted by Gasteiger charge is 2.16. The van der Waals surface area contributed by atoms with E-state index in [1.54, 1.807) is 6.92 Å². The number of hydrogen-bond donors (Lipinski definition) is 1. The Morgan fingerprint density at radius 3 is 2.84 bits per heavy atom. The van der Waals surface area contributed by atoms with Crippen molar-refractivity contribution in [3.63, 3.8) is 0 Å². The molecule has 0 atom stereocenters. The minimum absolute atomic E-state index is 0.128. The average molecular weight is 283 g/mol. The van der Waals surface area contributed by atoms with Crippen LogP contribution in [0.4, 0.5) is 11.5 Å². The summed E-state index contributed by atoms with van der Waals surface area (Å²) >= 11 is 5.68. The Labute approximate surface area is 113 Å². The fourth-order valence-corrected chi connectivity index (χ4v) is 1.63. The standard InChI is InChI=1S/C11H11ClN4O3/c1-6-7(2)19-10(15-6)5-14-11-9(16(17)18)3-8(12)4-13-11/h3-4H,5H2,1-2H3,(H,13,14). The van der Waals surface area contributed by atoms with Gasteiger partial charge in [0, 0.05) is 12.3 Å². The molecular formula is C11H11ClN4O3. The molecule has 2 aromatic rings. The maximum atomic E-state index is 10.9. The average Bonchev–Trinajstić information content (AvgIpc) is 2.67. The third-order valence-electron chi connectivity index (χ3n) is 2.51. The Morgan fingerprint density at radius 1 is 1.53 bits per heavy atom. The molecule has 0 aliphatic carbocycles. The van der Waals surface area contributed by atoms with E-state index < -0.39 is 4.92 Å². The van der Waals surface area contributed by atoms with Crippen molar-refractivity contribution in [1.82, 2.24) is 9.97 Å². The lowest BCUT2D eigenvalue weighted by atomic mass is 10.4. The summed E-state index contributed by atoms with van der Waals surface area (Å²) in [6.45, 7) is 3.84. The largest absolute Gasteiger partial charge is 0.444 e. The first-order valence-corrected chi connectivity index (χ1v) is 5.82. The van der Waals surface area contributed by atoms with Gasteiger partial charge in [0.2, 0.25) is 11.7 Å². The van der Waals surface area contributed by atoms with E-state index >= 15 is 0 Å². The highest BCUT2D eigenvalue weighted by atomic mass is 35.5. The topological polar surface area (TPSA) is 94.1 Å². The van der Waals surface area contributed by atoms with Crippen molar-refractivity contribution in [2.75, 3.05) is 5.32 Å². The molecule has 0 fully saturated rings. The molecule has 7 nitrogen and oxygen atoms in total. The summed E-state index contributed by atoms with van der Waals surface area (Å²) in [4.78, 5) is 18.4. The maximum absolute atomic E-state index is 10.9. The normalized spacial score (nSPS) is 10.5. The molecule has 0 bridgehead atoms. The fourth-order valence-electron chi connectivity index (χ4n) is 1.48. The molecule has 19 heavy (non-hydrogen) atoms. The predicted molar refractivity (Wildman–Crippen MR) is 69.2 cm³/mol. The summed E-state index contributed by atoms with van der Waals surface area (Å²) in [7, 11) is 0. The lowest BCUT2D eigenvalue weighted by Crippen LogP contribution is -2.04. The second-order valence-corrected chi connectivity index (χ2v) is 4.32. The first kappa shape index (κ1) is 13.3. The van der Waals surface area contributed by atoms with Crippen molar-refractivity contribution < 1.29 is 9.34 Å². The Bertz CT molecular complexity index is 607. The minimum atomic E-state index is -0.548. The SMILES string of the molecule is Cc1nc(CNc2ncc(Cl)cc2[N+](=O)[O-])oc1C. The number of nitrogens with one attached hydrogen (secondary N) is 1. The van der Waals surface area contributed by atoms with E-state index in [1.165, 1.54) is 12.3 Å². The van der Waals surface area contributed by atoms with Crippen LogP contribution in [0, 0.1) is 24.0 Å². The lowest BCUT2D eigenvalue weighted by Gasteiger charge is -2.03. The molecule has 100 valence electrons. The maximum Gasteiger partial charge on any atom is 0.312 e. The first-order valence-electron chi connectivity index (χ1n) is 5.44. The summed E-state index contributed by atoms with van der Waals surface area (Å²) in [6.07, 6.45) is 1.34. The Morgan fingerprint density at radius 2 is 2.26 bits per heavy atom. The minimum Gasteiger partial charge on any atom is -0.444 e. The lowest BCUT2D eigenvalue weighted by molar-refractivity contribution is -0.384. The summed E-state index contributed by atoms with van der Waals surface area (Å²) in [6, 6.07) is 1.24. The van der Waals surface area contributed by atoms with Crippen LogP contribution >= 0.6 is 11.6 Å². The third kappa shape index (κ3) is 3.00. The summed E-state index contributed by atoms with van der Waals surface area (Å²) in [5.74, 6) is 1.29. The molecule has 0 saturated heterocycles. The Balaban J connectivity index is 2.17. The number of halogens is 1. The van der Waals surface area contributed by atoms with E-state index in [1.807, 2.05) is 6.92 Å². The van der Waals surface area contributed by atoms with Crippen LogP contribution in [-0.4, -0.2) is 14.9 Å². The van der Waals surface area contributed by atoms with Crippen molar-refractivity contribution in [3.05, 3.63) is 44.7 Å². The molecule has 0 saturated carbocycles. The molecule has 0 aromatic carbocycles. The summed E-state index contributed by atoms with van der Waals surface area (Å²) < 4.78 is 5.36. The van der Waals surface area contributed by atoms with Crippen molar-refractivity contribution in [2.45, 2.75) is 20.4 Å². The quantitative estimate of drug-likeness (QED) is 0.684. The number of aryl methyl sites for hydroxylation is 2. The van der Waals surface area contributed by atoms with Gasteiger partial charge in [-0.2, -0.15) is 0 Å². The molecule has 0 amide bonds. The van der Waals surface area contributed by atoms with E-state index in [0.29, 0.717) is 5.89 Å². The highest BCUT2D eigenvalue weighted by Crippen LogP contribution is 2.25. The number of nitrogens with zero attached hydrogens (tertiary/aromatic N) is 3. The molecular weight excluding hydrogens is 272 g/mol. The van der Waals surface area contributed by atoms with Crippen molar-refractivity contribution in [2.24, 2.45) is 0 Å². The molecule has 8 heteroatoms. The molecule has 0 aliphatic rings. The number of nitro groups is 1. The summed E-state index contributed by atoms with van der Waals surface area (Å²) in [5, 5.41) is 13.9. The monoisotopic (exact) mass is 282 g/mol. The first-order chi connectivity index (χ1) is 8.97. The van der Waals surface area contributed by atoms with Crippen LogP contribution in [0.2, 0.25) is 5.02 Å². The number of pyridine rings is 1. The Hall–Kier alpha value is -2.15. The van der Waals surface area contributed by atoms with Gasteiger partial charge in [0.1, 0.15) is 5.76 Å². The van der Waals surface area contributed by atoms with E-state index in [4.69, 9.17) is 16.0 Å². The van der Waals surface area contributed by atoms with Gasteiger partial charge >= 0.3 is 5.69 Å². The van der Waals surface area contributed by atoms with Crippen molar-refractivity contribution in [3.8, 4) is 0 Å². The molecule has 2 heterocycles. The number of rotatable bonds is 4. The number of hydrogen-bond acceptors (Lipinski definition) is 6. The van der Waals surface area contributed by atoms with Gasteiger partial charge in [-0.25, -0.2) is 9.97 Å². The van der Waals surface area contributed by atoms with E-state index in [-0.39, 0.29) is 23.1 Å². The molecule has 2 rings (SSSR count). The van der Waals surface area contributed by atoms with Crippen LogP contribution in [0.3, 0.4) is 0 Å². The highest BCUT2D eigenvalue weighted by molar-refractivity contribution is 6.30. The van der Waals surface area contributed by atoms with Crippen molar-refractivity contribution in [1.29, 1.82) is 0 Å². The second-order valence-electron chi connectivity index (χ2n) is 3.88. The second kappa shape index (κ2) is 5.23. The van der Waals surface area contributed by atoms with Gasteiger partial charge in [-0.15, -0.1) is 0 Å². The zero-order valence-corrected chi connectivity index (χ0v) is 11.1. The molecule has 1 N–H and O–H groups in total. The van der Waals surface area contributed by atoms with E-state index in [2.05, 4.69) is 15.3 Å². The van der Waals surface area contributed by atoms with Crippen molar-refractivity contribution >= 4 is 23.1 Å². The van der Waals surface area contributed by atoms with Gasteiger partial charge in [-0.3, -0.25) is 10.1 Å². The third-order valence-corrected chi connectivity index (χ3v) is 2.72. The van der Waals surface area contributed by atoms with Crippen LogP contribution in [0.15, 0.2) is 16.7 Å². The zero-order valence-electron chi connectivity index (χ0n) is 10.3. The molecule has 0 aliphatic heterocycles. The van der Waals surface area contributed by atoms with Crippen LogP contribution in [-0.2, 0) is 6.54 Å². The number of anilines is 1. The van der Waals surface area contributed by atoms with Gasteiger partial charge in [0.15, 0.2) is 0 Å². The van der Waals surface area contributed by atoms with Gasteiger partial charge in [0.25, 0.3) is 0 Å². The Kier molecular flexibility index (Phi) is 3.66. The van der Waals surface area contributed by atoms with Gasteiger partial charge < -0.3 is 9.73 Å². The van der Waals surface area contributed by atoms with Gasteiger partial charge in [-0.05, 0) is 13.8 Å². The van der Waals surface area contributed by atoms with Gasteiger partial charge in [0.05, 0.1) is 22.2 Å². The van der Waals surface area contributed by atoms with Crippen LogP contribution in [0.5, 0.6) is 0 Å². The fraction of sp³-hybridized carbons (Fsp3) is 0.273. The molecule has 0 spiro atoms. The van der Waals surface area contributed by atoms with Crippen LogP contribution in [0.25, 0.3) is 0 Å². The zero-order chi connectivity index (χ0) is 14.0. The predicted octanol–water partition coefficient (Wildman–Crippen LogP) is 2.86. The van der Waals surface area contributed by atoms with Gasteiger partial charge in [-0.1, -0.05) is 11.6 Å². The van der Waals surface area contributed by atoms with Crippen LogP contribution in [0.1, 0.15) is 17.3 Å². The molecule has 0 radical (unpaired) electrons. The summed E-state index contributed by atoms with van der Waals surface area (Å²) in [5.41, 5.74) is 0.600. The molecule has 2 aromatic heterocycles. The van der Waals surface area contributed by atoms with Crippen LogP contribution < -0.4 is 5.32 Å². The van der Waals surface area contributed by atoms with E-state index in [0.717, 1.165) is 11.5 Å². The molecule has 0 unspecified atom stereocenters.